The van der Waals surface area contributed by atoms with Crippen LogP contribution in [0.2, 0.25) is 0 Å². The number of fused-ring (bicyclic) bond motifs is 5. The van der Waals surface area contributed by atoms with E-state index in [1.54, 1.807) is 11.9 Å². The van der Waals surface area contributed by atoms with E-state index in [-0.39, 0.29) is 42.7 Å². The molecule has 2 amide bonds. The second-order valence-corrected chi connectivity index (χ2v) is 24.4. The molecule has 0 radical (unpaired) electrons. The number of amides is 2. The number of aliphatic hydroxyl groups excluding tert-OH is 1. The molecule has 7 N–H and O–H groups in total. The van der Waals surface area contributed by atoms with Gasteiger partial charge in [0.15, 0.2) is 0 Å². The van der Waals surface area contributed by atoms with E-state index < -0.39 is 48.5 Å². The molecule has 6 atom stereocenters. The summed E-state index contributed by atoms with van der Waals surface area (Å²) in [5, 5.41) is 16.3. The predicted octanol–water partition coefficient (Wildman–Crippen LogP) is 2.83. The summed E-state index contributed by atoms with van der Waals surface area (Å²) in [6, 6.07) is 12.5. The van der Waals surface area contributed by atoms with Crippen LogP contribution in [-0.2, 0) is 62.1 Å². The molecule has 26 heteroatoms. The lowest BCUT2D eigenvalue weighted by atomic mass is 9.81. The average Bonchev–Trinajstić information content (AvgIpc) is 3.99. The van der Waals surface area contributed by atoms with Crippen molar-refractivity contribution in [2.75, 3.05) is 63.6 Å². The van der Waals surface area contributed by atoms with Crippen LogP contribution in [0.1, 0.15) is 100 Å². The summed E-state index contributed by atoms with van der Waals surface area (Å²) < 4.78 is 63.9. The van der Waals surface area contributed by atoms with Crippen LogP contribution in [0.4, 0.5) is 11.5 Å². The van der Waals surface area contributed by atoms with Crippen molar-refractivity contribution in [2.45, 2.75) is 89.1 Å². The van der Waals surface area contributed by atoms with Gasteiger partial charge in [-0.05, 0) is 74.3 Å². The lowest BCUT2D eigenvalue weighted by Gasteiger charge is -2.39. The maximum Gasteiger partial charge on any atom is 0.487 e. The number of anilines is 2. The van der Waals surface area contributed by atoms with E-state index in [9.17, 15) is 43.1 Å². The fourth-order valence-electron chi connectivity index (χ4n) is 11.8. The largest absolute Gasteiger partial charge is 0.756 e. The lowest BCUT2D eigenvalue weighted by molar-refractivity contribution is -0.212. The van der Waals surface area contributed by atoms with Gasteiger partial charge in [0.05, 0.1) is 35.8 Å². The number of hydrogen-bond donors (Lipinski definition) is 6. The van der Waals surface area contributed by atoms with Gasteiger partial charge in [0.1, 0.15) is 54.7 Å². The van der Waals surface area contributed by atoms with Crippen molar-refractivity contribution < 1.29 is 70.6 Å². The molecule has 1 saturated heterocycles. The molecule has 0 bridgehead atoms. The number of phosphoric ester groups is 1. The Bertz CT molecular complexity index is 3610. The SMILES string of the molecule is CN(CCCC(=O)NCC#Cc1cn([C@H]2C[C@H](O)[C@@H](COP(=O)(O)OP(=O)(O)OP(=O)([O-])O)O2)c2ncnc(N)c12)C(=O)c1ccccc1C1=c2cc3c4c(c2Oc2c1cc1c5c2CCCN5CCC1)CCC[N+]=4CCC3. The number of phosphoric acid groups is 3. The van der Waals surface area contributed by atoms with Crippen LogP contribution < -0.4 is 40.7 Å². The van der Waals surface area contributed by atoms with Gasteiger partial charge in [0.25, 0.3) is 13.7 Å². The Morgan fingerprint density at radius 2 is 1.71 bits per heavy atom. The van der Waals surface area contributed by atoms with Crippen molar-refractivity contribution in [3.05, 3.63) is 104 Å². The summed E-state index contributed by atoms with van der Waals surface area (Å²) in [7, 11) is -15.4. The Balaban J connectivity index is 0.763. The number of ether oxygens (including phenoxy) is 2. The summed E-state index contributed by atoms with van der Waals surface area (Å²) in [6.07, 6.45) is 7.68. The second-order valence-electron chi connectivity index (χ2n) is 20.0. The Kier molecular flexibility index (Phi) is 14.6. The average molecular weight is 1110 g/mol. The van der Waals surface area contributed by atoms with Crippen molar-refractivity contribution in [1.82, 2.24) is 29.3 Å². The fraction of sp³-hybridized carbons (Fsp3) is 0.431. The highest BCUT2D eigenvalue weighted by molar-refractivity contribution is 7.66. The van der Waals surface area contributed by atoms with Gasteiger partial charge in [-0.2, -0.15) is 4.31 Å². The summed E-state index contributed by atoms with van der Waals surface area (Å²) in [5.74, 6) is 7.38. The molecular weight excluding hydrogens is 1060 g/mol. The van der Waals surface area contributed by atoms with Gasteiger partial charge < -0.3 is 59.6 Å². The molecule has 0 saturated carbocycles. The van der Waals surface area contributed by atoms with Crippen molar-refractivity contribution in [3.63, 3.8) is 0 Å². The molecule has 0 aliphatic carbocycles. The number of rotatable bonds is 15. The normalized spacial score (nSPS) is 21.5. The Labute approximate surface area is 441 Å². The standard InChI is InChI=1S/C51H57N8O15P3/c1-56(19-9-17-41(61)53-18-4-10-32-27-59(50-43(32)49(52)54-29-55-50)42-26-39(60)40(71-42)28-70-76(66,67)74-77(68,69)73-75(63,64)65)51(62)34-14-3-2-13-33(34)44-37-24-30-11-5-20-57-22-7-15-35(45(30)57)47(37)72-48-36-16-8-23-58-21-6-12-31(46(36)58)25-38(44)48/h2-3,13-14,24-25,27,29,39-40,42,60H,5-9,11-12,15-23,26,28H2,1H3,(H6-,52,53,54,55,61,63,64,65,66,67,68,69)/t39-,40+,42+/m0/s1. The number of nitrogens with two attached hydrogens (primary N) is 1. The number of nitrogens with one attached hydrogen (secondary N) is 1. The zero-order valence-electron chi connectivity index (χ0n) is 42.0. The maximum atomic E-state index is 14.7. The lowest BCUT2D eigenvalue weighted by Crippen LogP contribution is -2.45. The highest BCUT2D eigenvalue weighted by atomic mass is 31.3. The van der Waals surface area contributed by atoms with Gasteiger partial charge in [-0.1, -0.05) is 30.0 Å². The van der Waals surface area contributed by atoms with Crippen molar-refractivity contribution in [1.29, 1.82) is 0 Å². The molecule has 1 fully saturated rings. The smallest absolute Gasteiger partial charge is 0.487 e. The van der Waals surface area contributed by atoms with E-state index in [0.717, 1.165) is 111 Å². The summed E-state index contributed by atoms with van der Waals surface area (Å²) in [4.78, 5) is 79.2. The number of aliphatic hydroxyl groups is 1. The molecule has 6 aliphatic rings. The zero-order chi connectivity index (χ0) is 54.0. The minimum absolute atomic E-state index is 0.0454. The third kappa shape index (κ3) is 10.8. The first-order valence-electron chi connectivity index (χ1n) is 25.6. The minimum atomic E-state index is -5.85. The van der Waals surface area contributed by atoms with Crippen LogP contribution in [0, 0.1) is 11.8 Å². The maximum absolute atomic E-state index is 14.7. The van der Waals surface area contributed by atoms with E-state index in [0.29, 0.717) is 29.5 Å². The number of hydrogen-bond acceptors (Lipinski definition) is 16. The molecule has 2 aromatic heterocycles. The van der Waals surface area contributed by atoms with Crippen LogP contribution in [0.5, 0.6) is 11.5 Å². The molecule has 3 aromatic carbocycles. The van der Waals surface area contributed by atoms with Gasteiger partial charge in [-0.25, -0.2) is 28.0 Å². The number of carbonyl (C=O) groups excluding carboxylic acids is 2. The molecular formula is C51H57N8O15P3. The number of carbonyl (C=O) groups is 2. The molecule has 11 rings (SSSR count). The Morgan fingerprint density at radius 3 is 2.52 bits per heavy atom. The van der Waals surface area contributed by atoms with Crippen molar-refractivity contribution in [3.8, 4) is 23.3 Å². The van der Waals surface area contributed by atoms with Crippen molar-refractivity contribution in [2.24, 2.45) is 0 Å². The number of benzene rings is 3. The van der Waals surface area contributed by atoms with E-state index in [4.69, 9.17) is 20.1 Å². The number of aryl methyl sites for hydroxylation is 2. The summed E-state index contributed by atoms with van der Waals surface area (Å²) >= 11 is 0. The highest BCUT2D eigenvalue weighted by Gasteiger charge is 2.42. The van der Waals surface area contributed by atoms with Crippen LogP contribution in [0.25, 0.3) is 16.6 Å². The van der Waals surface area contributed by atoms with Gasteiger partial charge in [-0.3, -0.25) is 18.7 Å². The molecule has 77 heavy (non-hydrogen) atoms. The molecule has 23 nitrogen and oxygen atoms in total. The summed E-state index contributed by atoms with van der Waals surface area (Å²) in [6.45, 7) is 3.56. The van der Waals surface area contributed by atoms with E-state index in [1.807, 2.05) is 18.2 Å². The van der Waals surface area contributed by atoms with E-state index in [2.05, 4.69) is 67.9 Å². The van der Waals surface area contributed by atoms with E-state index in [1.165, 1.54) is 50.4 Å². The first-order chi connectivity index (χ1) is 36.8. The van der Waals surface area contributed by atoms with E-state index >= 15 is 0 Å². The highest BCUT2D eigenvalue weighted by Crippen LogP contribution is 2.65. The Morgan fingerprint density at radius 1 is 0.961 bits per heavy atom. The van der Waals surface area contributed by atoms with Crippen molar-refractivity contribution >= 4 is 63.4 Å². The quantitative estimate of drug-likeness (QED) is 0.0489. The monoisotopic (exact) mass is 1110 g/mol. The van der Waals surface area contributed by atoms with Crippen LogP contribution >= 0.6 is 23.5 Å². The first-order valence-corrected chi connectivity index (χ1v) is 30.1. The van der Waals surface area contributed by atoms with Gasteiger partial charge in [0, 0.05) is 97.3 Å². The molecule has 5 aromatic rings. The number of aromatic nitrogens is 3. The van der Waals surface area contributed by atoms with Crippen LogP contribution in [0.3, 0.4) is 0 Å². The van der Waals surface area contributed by atoms with Crippen LogP contribution in [-0.4, -0.2) is 116 Å². The fourth-order valence-corrected chi connectivity index (χ4v) is 14.8. The predicted molar refractivity (Wildman–Crippen MR) is 277 cm³/mol. The molecule has 8 heterocycles. The molecule has 0 spiro atoms. The number of nitrogen functional groups attached to an aromatic ring is 1. The molecule has 406 valence electrons. The second kappa shape index (κ2) is 21.1. The zero-order valence-corrected chi connectivity index (χ0v) is 44.6. The number of nitrogens with zero attached hydrogens (tertiary/aromatic N) is 6. The third-order valence-corrected chi connectivity index (χ3v) is 18.7. The third-order valence-electron chi connectivity index (χ3n) is 14.9. The first kappa shape index (κ1) is 53.2. The topological polar surface area (TPSA) is 314 Å². The van der Waals surface area contributed by atoms with Gasteiger partial charge >= 0.3 is 15.6 Å². The minimum Gasteiger partial charge on any atom is -0.756 e. The molecule has 6 aliphatic heterocycles. The summed E-state index contributed by atoms with van der Waals surface area (Å²) in [5.41, 5.74) is 16.9. The Hall–Kier alpha value is -5.82. The molecule has 3 unspecified atom stereocenters. The van der Waals surface area contributed by atoms with Gasteiger partial charge in [0.2, 0.25) is 11.3 Å². The van der Waals surface area contributed by atoms with Gasteiger partial charge in [-0.15, -0.1) is 0 Å². The van der Waals surface area contributed by atoms with Crippen LogP contribution in [0.15, 0.2) is 48.9 Å².